The Morgan fingerprint density at radius 2 is 1.71 bits per heavy atom. The lowest BCUT2D eigenvalue weighted by Gasteiger charge is -2.04. The fourth-order valence-electron chi connectivity index (χ4n) is 1.16. The van der Waals surface area contributed by atoms with Crippen molar-refractivity contribution in [3.05, 3.63) is 35.1 Å². The molecule has 0 aliphatic heterocycles. The highest BCUT2D eigenvalue weighted by Gasteiger charge is 2.16. The highest BCUT2D eigenvalue weighted by atomic mass is 19.2. The highest BCUT2D eigenvalue weighted by molar-refractivity contribution is 5.96. The van der Waals surface area contributed by atoms with Crippen LogP contribution in [0.25, 0.3) is 0 Å². The van der Waals surface area contributed by atoms with Gasteiger partial charge >= 0.3 is 5.97 Å². The maximum absolute atomic E-state index is 13.1. The fraction of sp³-hybridized carbons (Fsp3) is 0.273. The minimum atomic E-state index is -1.36. The summed E-state index contributed by atoms with van der Waals surface area (Å²) in [6.45, 7) is 0.926. The monoisotopic (exact) mass is 246 g/mol. The molecule has 0 atom stereocenters. The quantitative estimate of drug-likeness (QED) is 0.465. The molecule has 3 nitrogen and oxygen atoms in total. The van der Waals surface area contributed by atoms with E-state index in [2.05, 4.69) is 4.74 Å². The van der Waals surface area contributed by atoms with Gasteiger partial charge in [-0.15, -0.1) is 0 Å². The van der Waals surface area contributed by atoms with E-state index in [4.69, 9.17) is 0 Å². The first-order valence-corrected chi connectivity index (χ1v) is 4.73. The maximum atomic E-state index is 13.1. The Bertz CT molecular complexity index is 458. The van der Waals surface area contributed by atoms with E-state index in [-0.39, 0.29) is 13.0 Å². The molecule has 1 aromatic carbocycles. The minimum Gasteiger partial charge on any atom is -0.465 e. The lowest BCUT2D eigenvalue weighted by atomic mass is 10.1. The van der Waals surface area contributed by atoms with E-state index in [9.17, 15) is 22.8 Å². The molecular weight excluding hydrogens is 237 g/mol. The van der Waals surface area contributed by atoms with Crippen LogP contribution in [-0.2, 0) is 9.53 Å². The summed E-state index contributed by atoms with van der Waals surface area (Å²) in [6.07, 6.45) is -0.290. The van der Waals surface area contributed by atoms with Crippen molar-refractivity contribution in [3.8, 4) is 0 Å². The number of ketones is 1. The van der Waals surface area contributed by atoms with Gasteiger partial charge in [-0.2, -0.15) is 0 Å². The molecule has 0 N–H and O–H groups in total. The van der Waals surface area contributed by atoms with Gasteiger partial charge in [-0.3, -0.25) is 9.59 Å². The maximum Gasteiger partial charge on any atom is 0.302 e. The lowest BCUT2D eigenvalue weighted by Crippen LogP contribution is -2.10. The number of benzene rings is 1. The van der Waals surface area contributed by atoms with Crippen molar-refractivity contribution in [2.24, 2.45) is 0 Å². The average molecular weight is 246 g/mol. The fourth-order valence-corrected chi connectivity index (χ4v) is 1.16. The third-order valence-electron chi connectivity index (χ3n) is 1.94. The number of rotatable bonds is 4. The largest absolute Gasteiger partial charge is 0.465 e. The Labute approximate surface area is 95.2 Å². The van der Waals surface area contributed by atoms with Crippen LogP contribution in [0.5, 0.6) is 0 Å². The summed E-state index contributed by atoms with van der Waals surface area (Å²) in [5.74, 6) is -5.15. The van der Waals surface area contributed by atoms with Gasteiger partial charge in [0.1, 0.15) is 5.82 Å². The van der Waals surface area contributed by atoms with E-state index in [0.29, 0.717) is 12.1 Å². The van der Waals surface area contributed by atoms with Gasteiger partial charge < -0.3 is 4.74 Å². The number of esters is 1. The van der Waals surface area contributed by atoms with Crippen molar-refractivity contribution in [2.75, 3.05) is 6.61 Å². The SMILES string of the molecule is CC(=O)OCCC(=O)c1cc(F)c(F)cc1F. The standard InChI is InChI=1S/C11H9F3O3/c1-6(15)17-3-2-11(16)7-4-9(13)10(14)5-8(7)12/h4-5H,2-3H2,1H3. The summed E-state index contributed by atoms with van der Waals surface area (Å²) in [4.78, 5) is 21.8. The van der Waals surface area contributed by atoms with Crippen molar-refractivity contribution in [3.63, 3.8) is 0 Å². The first-order chi connectivity index (χ1) is 7.91. The van der Waals surface area contributed by atoms with Gasteiger partial charge in [0.05, 0.1) is 12.2 Å². The molecule has 0 bridgehead atoms. The molecule has 1 aromatic rings. The summed E-state index contributed by atoms with van der Waals surface area (Å²) >= 11 is 0. The molecule has 0 radical (unpaired) electrons. The molecule has 0 unspecified atom stereocenters. The Kier molecular flexibility index (Phi) is 4.25. The van der Waals surface area contributed by atoms with Gasteiger partial charge in [-0.1, -0.05) is 0 Å². The average Bonchev–Trinajstić information content (AvgIpc) is 2.22. The topological polar surface area (TPSA) is 43.4 Å². The van der Waals surface area contributed by atoms with E-state index in [1.807, 2.05) is 0 Å². The zero-order chi connectivity index (χ0) is 13.0. The molecule has 0 heterocycles. The van der Waals surface area contributed by atoms with Gasteiger partial charge in [0.25, 0.3) is 0 Å². The van der Waals surface area contributed by atoms with Crippen LogP contribution >= 0.6 is 0 Å². The zero-order valence-corrected chi connectivity index (χ0v) is 8.93. The third kappa shape index (κ3) is 3.58. The number of carbonyl (C=O) groups excluding carboxylic acids is 2. The molecule has 0 aliphatic carbocycles. The van der Waals surface area contributed by atoms with E-state index in [1.165, 1.54) is 0 Å². The van der Waals surface area contributed by atoms with Crippen molar-refractivity contribution < 1.29 is 27.5 Å². The van der Waals surface area contributed by atoms with Crippen molar-refractivity contribution in [1.82, 2.24) is 0 Å². The van der Waals surface area contributed by atoms with E-state index in [0.717, 1.165) is 6.92 Å². The molecule has 0 aromatic heterocycles. The molecule has 0 amide bonds. The zero-order valence-electron chi connectivity index (χ0n) is 8.93. The number of hydrogen-bond donors (Lipinski definition) is 0. The second-order valence-corrected chi connectivity index (χ2v) is 3.26. The predicted molar refractivity (Wildman–Crippen MR) is 51.9 cm³/mol. The summed E-state index contributed by atoms with van der Waals surface area (Å²) in [7, 11) is 0. The molecule has 0 aliphatic rings. The van der Waals surface area contributed by atoms with Gasteiger partial charge in [0.15, 0.2) is 17.4 Å². The molecule has 0 fully saturated rings. The minimum absolute atomic E-state index is 0.230. The predicted octanol–water partition coefficient (Wildman–Crippen LogP) is 2.24. The molecule has 1 rings (SSSR count). The van der Waals surface area contributed by atoms with Crippen LogP contribution in [0.15, 0.2) is 12.1 Å². The van der Waals surface area contributed by atoms with Crippen molar-refractivity contribution in [1.29, 1.82) is 0 Å². The second-order valence-electron chi connectivity index (χ2n) is 3.26. The van der Waals surface area contributed by atoms with Gasteiger partial charge in [0, 0.05) is 19.4 Å². The van der Waals surface area contributed by atoms with Crippen LogP contribution < -0.4 is 0 Å². The molecule has 17 heavy (non-hydrogen) atoms. The van der Waals surface area contributed by atoms with Crippen LogP contribution in [0.4, 0.5) is 13.2 Å². The van der Waals surface area contributed by atoms with E-state index in [1.54, 1.807) is 0 Å². The van der Waals surface area contributed by atoms with Crippen LogP contribution in [0, 0.1) is 17.5 Å². The Morgan fingerprint density at radius 3 is 2.29 bits per heavy atom. The van der Waals surface area contributed by atoms with E-state index >= 15 is 0 Å². The van der Waals surface area contributed by atoms with Crippen LogP contribution in [-0.4, -0.2) is 18.4 Å². The van der Waals surface area contributed by atoms with E-state index < -0.39 is 34.8 Å². The first kappa shape index (κ1) is 13.2. The molecule has 0 spiro atoms. The Balaban J connectivity index is 2.75. The number of hydrogen-bond acceptors (Lipinski definition) is 3. The Morgan fingerprint density at radius 1 is 1.12 bits per heavy atom. The number of ether oxygens (including phenoxy) is 1. The molecule has 0 saturated carbocycles. The third-order valence-corrected chi connectivity index (χ3v) is 1.94. The summed E-state index contributed by atoms with van der Waals surface area (Å²) < 4.78 is 43.0. The van der Waals surface area contributed by atoms with Crippen LogP contribution in [0.1, 0.15) is 23.7 Å². The molecular formula is C11H9F3O3. The van der Waals surface area contributed by atoms with Gasteiger partial charge in [0.2, 0.25) is 0 Å². The van der Waals surface area contributed by atoms with Gasteiger partial charge in [-0.05, 0) is 6.07 Å². The molecule has 0 saturated heterocycles. The second kappa shape index (κ2) is 5.47. The number of halogens is 3. The number of Topliss-reactive ketones (excluding diaryl/α,β-unsaturated/α-hetero) is 1. The first-order valence-electron chi connectivity index (χ1n) is 4.73. The molecule has 6 heteroatoms. The number of carbonyl (C=O) groups is 2. The van der Waals surface area contributed by atoms with Crippen molar-refractivity contribution in [2.45, 2.75) is 13.3 Å². The van der Waals surface area contributed by atoms with Crippen molar-refractivity contribution >= 4 is 11.8 Å². The van der Waals surface area contributed by atoms with Crippen LogP contribution in [0.2, 0.25) is 0 Å². The Hall–Kier alpha value is -1.85. The van der Waals surface area contributed by atoms with Crippen LogP contribution in [0.3, 0.4) is 0 Å². The summed E-state index contributed by atoms with van der Waals surface area (Å²) in [5.41, 5.74) is -0.559. The molecule has 92 valence electrons. The smallest absolute Gasteiger partial charge is 0.302 e. The summed E-state index contributed by atoms with van der Waals surface area (Å²) in [6, 6.07) is 0.787. The lowest BCUT2D eigenvalue weighted by molar-refractivity contribution is -0.140. The summed E-state index contributed by atoms with van der Waals surface area (Å²) in [5, 5.41) is 0. The normalized spacial score (nSPS) is 10.1. The van der Waals surface area contributed by atoms with Gasteiger partial charge in [-0.25, -0.2) is 13.2 Å². The highest BCUT2D eigenvalue weighted by Crippen LogP contribution is 2.15.